The Morgan fingerprint density at radius 2 is 1.92 bits per heavy atom. The van der Waals surface area contributed by atoms with Crippen molar-refractivity contribution in [1.29, 1.82) is 0 Å². The van der Waals surface area contributed by atoms with Crippen molar-refractivity contribution in [2.24, 2.45) is 0 Å². The number of unbranched alkanes of at least 4 members (excludes halogenated alkanes) is 1. The molecule has 0 unspecified atom stereocenters. The van der Waals surface area contributed by atoms with Gasteiger partial charge in [-0.15, -0.1) is 12.3 Å². The van der Waals surface area contributed by atoms with Gasteiger partial charge in [-0.3, -0.25) is 4.48 Å². The number of rotatable bonds is 5. The zero-order valence-electron chi connectivity index (χ0n) is 13.5. The Kier molecular flexibility index (Phi) is 8.19. The van der Waals surface area contributed by atoms with Crippen molar-refractivity contribution >= 4 is 15.9 Å². The third-order valence-electron chi connectivity index (χ3n) is 2.39. The second-order valence-electron chi connectivity index (χ2n) is 5.39. The van der Waals surface area contributed by atoms with Gasteiger partial charge in [0.25, 0.3) is 5.82 Å². The summed E-state index contributed by atoms with van der Waals surface area (Å²) in [7, 11) is 0.108. The minimum absolute atomic E-state index is 0.642. The van der Waals surface area contributed by atoms with Gasteiger partial charge in [-0.2, -0.15) is 13.2 Å². The van der Waals surface area contributed by atoms with Crippen LogP contribution in [0.15, 0.2) is 18.3 Å². The number of aromatic nitrogens is 1. The molecule has 0 radical (unpaired) electrons. The van der Waals surface area contributed by atoms with Gasteiger partial charge in [0.05, 0.1) is 27.7 Å². The maximum atomic E-state index is 10.7. The van der Waals surface area contributed by atoms with Gasteiger partial charge in [-0.25, -0.2) is 13.4 Å². The molecule has 6 nitrogen and oxygen atoms in total. The second kappa shape index (κ2) is 8.86. The van der Waals surface area contributed by atoms with E-state index in [4.69, 9.17) is 24.1 Å². The predicted octanol–water partition coefficient (Wildman–Crippen LogP) is 2.12. The Balaban J connectivity index is 0.000000561. The van der Waals surface area contributed by atoms with Crippen LogP contribution < -0.4 is 9.22 Å². The molecule has 1 aromatic rings. The average Bonchev–Trinajstić information content (AvgIpc) is 2.41. The summed E-state index contributed by atoms with van der Waals surface area (Å²) >= 11 is 0. The lowest BCUT2D eigenvalue weighted by Gasteiger charge is -2.23. The van der Waals surface area contributed by atoms with Gasteiger partial charge < -0.3 is 9.29 Å². The Morgan fingerprint density at radius 1 is 1.38 bits per heavy atom. The van der Waals surface area contributed by atoms with Crippen molar-refractivity contribution in [2.45, 2.75) is 18.3 Å². The van der Waals surface area contributed by atoms with Gasteiger partial charge in [0.15, 0.2) is 10.1 Å². The summed E-state index contributed by atoms with van der Waals surface area (Å²) in [4.78, 5) is 4.36. The number of ether oxygens (including phenoxy) is 1. The number of hydrogen-bond donors (Lipinski definition) is 0. The molecule has 1 heterocycles. The first kappa shape index (κ1) is 22.2. The summed E-state index contributed by atoms with van der Waals surface area (Å²) in [6.07, 6.45) is 8.60. The van der Waals surface area contributed by atoms with Crippen molar-refractivity contribution in [3.05, 3.63) is 18.3 Å². The normalized spacial score (nSPS) is 11.9. The number of nitrogens with zero attached hydrogens (tertiary/aromatic N) is 2. The molecule has 0 bridgehead atoms. The van der Waals surface area contributed by atoms with E-state index in [9.17, 15) is 13.2 Å². The van der Waals surface area contributed by atoms with Crippen molar-refractivity contribution in [2.75, 3.05) is 27.7 Å². The highest BCUT2D eigenvalue weighted by atomic mass is 32.2. The molecular formula is C14H19F3N2O4S. The van der Waals surface area contributed by atoms with Crippen molar-refractivity contribution in [1.82, 2.24) is 9.47 Å². The highest BCUT2D eigenvalue weighted by Gasteiger charge is 2.36. The molecule has 0 saturated carbocycles. The molecule has 1 aromatic heterocycles. The summed E-state index contributed by atoms with van der Waals surface area (Å²) in [5.41, 5.74) is -5.65. The number of hydrogen-bond acceptors (Lipinski definition) is 5. The van der Waals surface area contributed by atoms with E-state index in [1.54, 1.807) is 6.20 Å². The molecule has 0 aliphatic rings. The number of alkyl halides is 3. The highest BCUT2D eigenvalue weighted by molar-refractivity contribution is 7.86. The lowest BCUT2D eigenvalue weighted by Crippen LogP contribution is -2.36. The molecular weight excluding hydrogens is 349 g/mol. The standard InChI is InChI=1S/C13H19N2O.CHF3O3S/c1-5-6-7-11-16-12-9-8-10-14-13(12)15(2,3)4;2-1(3,4)8(5,6)7/h1,8-10H,6-7,11H2,2-4H3;(H,5,6,7)/q+1;/p-1. The topological polar surface area (TPSA) is 79.3 Å². The largest absolute Gasteiger partial charge is 0.741 e. The second-order valence-corrected chi connectivity index (χ2v) is 6.76. The van der Waals surface area contributed by atoms with Crippen molar-refractivity contribution < 1.29 is 30.9 Å². The molecule has 0 atom stereocenters. The summed E-state index contributed by atoms with van der Waals surface area (Å²) in [5.74, 6) is 4.37. The zero-order chi connectivity index (χ0) is 19.0. The van der Waals surface area contributed by atoms with Crippen LogP contribution in [0, 0.1) is 12.3 Å². The maximum Gasteiger partial charge on any atom is 0.485 e. The Bertz CT molecular complexity index is 662. The van der Waals surface area contributed by atoms with Crippen LogP contribution in [0.5, 0.6) is 5.75 Å². The quantitative estimate of drug-likeness (QED) is 0.262. The lowest BCUT2D eigenvalue weighted by atomic mass is 10.3. The molecule has 1 rings (SSSR count). The molecule has 0 saturated heterocycles. The van der Waals surface area contributed by atoms with Crippen molar-refractivity contribution in [3.63, 3.8) is 0 Å². The molecule has 0 N–H and O–H groups in total. The lowest BCUT2D eigenvalue weighted by molar-refractivity contribution is -0.0517. The molecule has 0 fully saturated rings. The molecule has 0 amide bonds. The average molecular weight is 368 g/mol. The van der Waals surface area contributed by atoms with Crippen LogP contribution in [0.4, 0.5) is 19.0 Å². The van der Waals surface area contributed by atoms with E-state index in [-0.39, 0.29) is 0 Å². The predicted molar refractivity (Wildman–Crippen MR) is 83.1 cm³/mol. The molecule has 0 aliphatic carbocycles. The van der Waals surface area contributed by atoms with Gasteiger partial charge >= 0.3 is 5.51 Å². The number of terminal acetylenes is 1. The van der Waals surface area contributed by atoms with Crippen LogP contribution in [0.25, 0.3) is 0 Å². The maximum absolute atomic E-state index is 10.7. The first-order valence-corrected chi connectivity index (χ1v) is 8.07. The van der Waals surface area contributed by atoms with Gasteiger partial charge in [0, 0.05) is 12.6 Å². The molecule has 10 heteroatoms. The Morgan fingerprint density at radius 3 is 2.33 bits per heavy atom. The van der Waals surface area contributed by atoms with Crippen LogP contribution >= 0.6 is 0 Å². The van der Waals surface area contributed by atoms with E-state index in [1.807, 2.05) is 12.1 Å². The van der Waals surface area contributed by atoms with Gasteiger partial charge in [-0.1, -0.05) is 0 Å². The van der Waals surface area contributed by atoms with Crippen LogP contribution in [0.3, 0.4) is 0 Å². The smallest absolute Gasteiger partial charge is 0.485 e. The van der Waals surface area contributed by atoms with Gasteiger partial charge in [0.2, 0.25) is 5.75 Å². The summed E-state index contributed by atoms with van der Waals surface area (Å²) in [5, 5.41) is 0. The molecule has 0 aromatic carbocycles. The van der Waals surface area contributed by atoms with Gasteiger partial charge in [-0.05, 0) is 18.6 Å². The van der Waals surface area contributed by atoms with E-state index < -0.39 is 15.6 Å². The van der Waals surface area contributed by atoms with E-state index >= 15 is 0 Å². The zero-order valence-corrected chi connectivity index (χ0v) is 14.3. The first-order valence-electron chi connectivity index (χ1n) is 6.66. The van der Waals surface area contributed by atoms with Crippen LogP contribution in [-0.4, -0.2) is 51.2 Å². The highest BCUT2D eigenvalue weighted by Crippen LogP contribution is 2.26. The Labute approximate surface area is 139 Å². The summed E-state index contributed by atoms with van der Waals surface area (Å²) in [6.45, 7) is 0.642. The summed E-state index contributed by atoms with van der Waals surface area (Å²) in [6, 6.07) is 3.83. The fourth-order valence-corrected chi connectivity index (χ4v) is 1.36. The number of halogens is 3. The van der Waals surface area contributed by atoms with E-state index in [0.29, 0.717) is 11.1 Å². The van der Waals surface area contributed by atoms with Gasteiger partial charge in [0.1, 0.15) is 0 Å². The molecule has 0 aliphatic heterocycles. The first-order chi connectivity index (χ1) is 10.8. The molecule has 136 valence electrons. The van der Waals surface area contributed by atoms with E-state index in [0.717, 1.165) is 24.4 Å². The molecule has 24 heavy (non-hydrogen) atoms. The third kappa shape index (κ3) is 8.14. The minimum Gasteiger partial charge on any atom is -0.741 e. The van der Waals surface area contributed by atoms with E-state index in [2.05, 4.69) is 32.0 Å². The monoisotopic (exact) mass is 368 g/mol. The fourth-order valence-electron chi connectivity index (χ4n) is 1.36. The van der Waals surface area contributed by atoms with Crippen LogP contribution in [0.1, 0.15) is 12.8 Å². The Hall–Kier alpha value is -1.83. The third-order valence-corrected chi connectivity index (χ3v) is 2.96. The fraction of sp³-hybridized carbons (Fsp3) is 0.500. The number of pyridine rings is 1. The van der Waals surface area contributed by atoms with E-state index in [1.165, 1.54) is 0 Å². The van der Waals surface area contributed by atoms with Crippen molar-refractivity contribution in [3.8, 4) is 18.1 Å². The molecule has 0 spiro atoms. The summed E-state index contributed by atoms with van der Waals surface area (Å²) < 4.78 is 65.2. The SMILES string of the molecule is C#CCCCOc1cccnc1[N+](C)(C)C.O=S(=O)([O-])C(F)(F)F. The number of quaternary nitrogens is 1. The minimum atomic E-state index is -6.09. The van der Waals surface area contributed by atoms with Crippen LogP contribution in [0.2, 0.25) is 0 Å². The van der Waals surface area contributed by atoms with Crippen LogP contribution in [-0.2, 0) is 10.1 Å².